The first-order chi connectivity index (χ1) is 9.97. The second-order valence-corrected chi connectivity index (χ2v) is 5.11. The molecule has 0 saturated carbocycles. The molecule has 2 aromatic rings. The third-order valence-corrected chi connectivity index (χ3v) is 3.10. The Bertz CT molecular complexity index is 658. The third-order valence-electron chi connectivity index (χ3n) is 2.64. The summed E-state index contributed by atoms with van der Waals surface area (Å²) in [5.41, 5.74) is 0.467. The van der Waals surface area contributed by atoms with E-state index in [1.165, 1.54) is 31.4 Å². The summed E-state index contributed by atoms with van der Waals surface area (Å²) in [5.74, 6) is 0.256. The van der Waals surface area contributed by atoms with E-state index in [0.717, 1.165) is 0 Å². The zero-order chi connectivity index (χ0) is 15.4. The summed E-state index contributed by atoms with van der Waals surface area (Å²) >= 11 is 3.16. The highest BCUT2D eigenvalue weighted by atomic mass is 79.9. The Morgan fingerprint density at radius 2 is 1.95 bits per heavy atom. The van der Waals surface area contributed by atoms with Crippen molar-refractivity contribution >= 4 is 21.6 Å². The number of non-ortho nitro benzene ring substituents is 1. The monoisotopic (exact) mass is 355 g/mol. The molecule has 0 aliphatic heterocycles. The molecule has 0 aromatic heterocycles. The van der Waals surface area contributed by atoms with Gasteiger partial charge >= 0.3 is 0 Å². The first-order valence-electron chi connectivity index (χ1n) is 5.89. The van der Waals surface area contributed by atoms with E-state index in [-0.39, 0.29) is 12.3 Å². The van der Waals surface area contributed by atoms with Crippen LogP contribution in [0.15, 0.2) is 40.9 Å². The lowest BCUT2D eigenvalue weighted by Gasteiger charge is -2.08. The van der Waals surface area contributed by atoms with Crippen molar-refractivity contribution in [1.82, 2.24) is 0 Å². The Kier molecular flexibility index (Phi) is 4.74. The SMILES string of the molecule is COc1cc(COc2cc(F)cc(Br)c2)cc([N+](=O)[O-])c1. The number of benzene rings is 2. The van der Waals surface area contributed by atoms with Gasteiger partial charge in [-0.05, 0) is 23.8 Å². The molecule has 7 heteroatoms. The van der Waals surface area contributed by atoms with Crippen LogP contribution in [0.1, 0.15) is 5.56 Å². The summed E-state index contributed by atoms with van der Waals surface area (Å²) in [6, 6.07) is 8.49. The molecule has 0 radical (unpaired) electrons. The lowest BCUT2D eigenvalue weighted by molar-refractivity contribution is -0.385. The van der Waals surface area contributed by atoms with E-state index in [9.17, 15) is 14.5 Å². The molecular formula is C14H11BrFNO4. The van der Waals surface area contributed by atoms with E-state index in [2.05, 4.69) is 15.9 Å². The largest absolute Gasteiger partial charge is 0.496 e. The summed E-state index contributed by atoms with van der Waals surface area (Å²) in [5, 5.41) is 10.8. The summed E-state index contributed by atoms with van der Waals surface area (Å²) in [6.45, 7) is 0.0634. The van der Waals surface area contributed by atoms with E-state index >= 15 is 0 Å². The minimum absolute atomic E-state index is 0.0634. The molecule has 0 unspecified atom stereocenters. The second kappa shape index (κ2) is 6.53. The number of methoxy groups -OCH3 is 1. The molecule has 0 aliphatic carbocycles. The second-order valence-electron chi connectivity index (χ2n) is 4.19. The van der Waals surface area contributed by atoms with Crippen molar-refractivity contribution in [2.45, 2.75) is 6.61 Å². The molecule has 0 N–H and O–H groups in total. The first-order valence-corrected chi connectivity index (χ1v) is 6.68. The topological polar surface area (TPSA) is 61.6 Å². The molecule has 0 spiro atoms. The Morgan fingerprint density at radius 1 is 1.19 bits per heavy atom. The van der Waals surface area contributed by atoms with Gasteiger partial charge in [0.15, 0.2) is 0 Å². The van der Waals surface area contributed by atoms with Crippen LogP contribution in [0.4, 0.5) is 10.1 Å². The number of halogens is 2. The van der Waals surface area contributed by atoms with Gasteiger partial charge in [0.1, 0.15) is 23.9 Å². The van der Waals surface area contributed by atoms with Crippen molar-refractivity contribution in [2.24, 2.45) is 0 Å². The Labute approximate surface area is 128 Å². The minimum Gasteiger partial charge on any atom is -0.496 e. The van der Waals surface area contributed by atoms with Crippen LogP contribution in [0.3, 0.4) is 0 Å². The first kappa shape index (κ1) is 15.2. The van der Waals surface area contributed by atoms with Gasteiger partial charge in [0.2, 0.25) is 0 Å². The Hall–Kier alpha value is -2.15. The lowest BCUT2D eigenvalue weighted by atomic mass is 10.2. The van der Waals surface area contributed by atoms with Gasteiger partial charge in [-0.15, -0.1) is 0 Å². The summed E-state index contributed by atoms with van der Waals surface area (Å²) in [6.07, 6.45) is 0. The van der Waals surface area contributed by atoms with Gasteiger partial charge in [-0.25, -0.2) is 4.39 Å². The fourth-order valence-electron chi connectivity index (χ4n) is 1.73. The number of rotatable bonds is 5. The predicted molar refractivity (Wildman–Crippen MR) is 78.1 cm³/mol. The van der Waals surface area contributed by atoms with Gasteiger partial charge in [-0.2, -0.15) is 0 Å². The lowest BCUT2D eigenvalue weighted by Crippen LogP contribution is -1.99. The number of ether oxygens (including phenoxy) is 2. The van der Waals surface area contributed by atoms with E-state index in [4.69, 9.17) is 9.47 Å². The maximum absolute atomic E-state index is 13.2. The third kappa shape index (κ3) is 4.16. The molecule has 0 bridgehead atoms. The van der Waals surface area contributed by atoms with Gasteiger partial charge in [0, 0.05) is 16.6 Å². The number of hydrogen-bond acceptors (Lipinski definition) is 4. The molecule has 5 nitrogen and oxygen atoms in total. The number of nitrogens with zero attached hydrogens (tertiary/aromatic N) is 1. The van der Waals surface area contributed by atoms with Crippen LogP contribution in [0.2, 0.25) is 0 Å². The van der Waals surface area contributed by atoms with Crippen LogP contribution in [0, 0.1) is 15.9 Å². The van der Waals surface area contributed by atoms with Gasteiger partial charge in [0.25, 0.3) is 5.69 Å². The Balaban J connectivity index is 2.19. The fraction of sp³-hybridized carbons (Fsp3) is 0.143. The molecule has 0 heterocycles. The number of hydrogen-bond donors (Lipinski definition) is 0. The van der Waals surface area contributed by atoms with Crippen LogP contribution in [-0.4, -0.2) is 12.0 Å². The van der Waals surface area contributed by atoms with Crippen molar-refractivity contribution in [3.8, 4) is 11.5 Å². The Morgan fingerprint density at radius 3 is 2.57 bits per heavy atom. The highest BCUT2D eigenvalue weighted by Crippen LogP contribution is 2.25. The maximum Gasteiger partial charge on any atom is 0.273 e. The van der Waals surface area contributed by atoms with Gasteiger partial charge < -0.3 is 9.47 Å². The predicted octanol–water partition coefficient (Wildman–Crippen LogP) is 4.08. The maximum atomic E-state index is 13.2. The van der Waals surface area contributed by atoms with Crippen LogP contribution in [0.25, 0.3) is 0 Å². The van der Waals surface area contributed by atoms with Gasteiger partial charge in [0.05, 0.1) is 18.1 Å². The summed E-state index contributed by atoms with van der Waals surface area (Å²) in [4.78, 5) is 10.3. The zero-order valence-corrected chi connectivity index (χ0v) is 12.6. The van der Waals surface area contributed by atoms with Crippen molar-refractivity contribution in [2.75, 3.05) is 7.11 Å². The summed E-state index contributed by atoms with van der Waals surface area (Å²) < 4.78 is 24.2. The molecule has 0 aliphatic rings. The average Bonchev–Trinajstić information content (AvgIpc) is 2.43. The normalized spacial score (nSPS) is 10.2. The van der Waals surface area contributed by atoms with Crippen LogP contribution >= 0.6 is 15.9 Å². The zero-order valence-electron chi connectivity index (χ0n) is 11.0. The smallest absolute Gasteiger partial charge is 0.273 e. The molecule has 2 aromatic carbocycles. The molecule has 2 rings (SSSR count). The van der Waals surface area contributed by atoms with Crippen LogP contribution in [-0.2, 0) is 6.61 Å². The molecule has 0 amide bonds. The van der Waals surface area contributed by atoms with Crippen LogP contribution < -0.4 is 9.47 Å². The van der Waals surface area contributed by atoms with Gasteiger partial charge in [-0.3, -0.25) is 10.1 Å². The highest BCUT2D eigenvalue weighted by molar-refractivity contribution is 9.10. The average molecular weight is 356 g/mol. The molecule has 21 heavy (non-hydrogen) atoms. The van der Waals surface area contributed by atoms with Crippen molar-refractivity contribution in [3.63, 3.8) is 0 Å². The van der Waals surface area contributed by atoms with E-state index in [0.29, 0.717) is 21.5 Å². The van der Waals surface area contributed by atoms with Crippen molar-refractivity contribution in [1.29, 1.82) is 0 Å². The molecular weight excluding hydrogens is 345 g/mol. The minimum atomic E-state index is -0.509. The molecule has 0 atom stereocenters. The van der Waals surface area contributed by atoms with Crippen LogP contribution in [0.5, 0.6) is 11.5 Å². The molecule has 110 valence electrons. The van der Waals surface area contributed by atoms with E-state index in [1.807, 2.05) is 0 Å². The standard InChI is InChI=1S/C14H11BrFNO4/c1-20-13-3-9(2-12(7-13)17(18)19)8-21-14-5-10(15)4-11(16)6-14/h2-7H,8H2,1H3. The fourth-order valence-corrected chi connectivity index (χ4v) is 2.17. The quantitative estimate of drug-likeness (QED) is 0.598. The number of nitro groups is 1. The summed E-state index contributed by atoms with van der Waals surface area (Å²) in [7, 11) is 1.42. The van der Waals surface area contributed by atoms with E-state index in [1.54, 1.807) is 12.1 Å². The van der Waals surface area contributed by atoms with Crippen molar-refractivity contribution < 1.29 is 18.8 Å². The van der Waals surface area contributed by atoms with E-state index < -0.39 is 10.7 Å². The number of nitro benzene ring substituents is 1. The van der Waals surface area contributed by atoms with Gasteiger partial charge in [-0.1, -0.05) is 15.9 Å². The van der Waals surface area contributed by atoms with Crippen molar-refractivity contribution in [3.05, 3.63) is 62.4 Å². The molecule has 0 saturated heterocycles. The molecule has 0 fully saturated rings. The highest BCUT2D eigenvalue weighted by Gasteiger charge is 2.11.